The van der Waals surface area contributed by atoms with Crippen molar-refractivity contribution in [1.82, 2.24) is 0 Å². The van der Waals surface area contributed by atoms with Gasteiger partial charge in [-0.25, -0.2) is 9.98 Å². The third kappa shape index (κ3) is 5.52. The van der Waals surface area contributed by atoms with E-state index in [-0.39, 0.29) is 0 Å². The van der Waals surface area contributed by atoms with Crippen molar-refractivity contribution in [3.05, 3.63) is 11.8 Å². The predicted molar refractivity (Wildman–Crippen MR) is 51.3 cm³/mol. The quantitative estimate of drug-likeness (QED) is 0.408. The highest BCUT2D eigenvalue weighted by Crippen LogP contribution is 1.95. The Morgan fingerprint density at radius 1 is 1.00 bits per heavy atom. The van der Waals surface area contributed by atoms with Gasteiger partial charge in [0.2, 0.25) is 0 Å². The Labute approximate surface area is 68.8 Å². The van der Waals surface area contributed by atoms with E-state index in [1.54, 1.807) is 0 Å². The SMILES string of the molecule is CC=C(C)/N=C(/C)N=C(C)C. The van der Waals surface area contributed by atoms with Crippen molar-refractivity contribution in [3.8, 4) is 0 Å². The molecule has 0 saturated heterocycles. The van der Waals surface area contributed by atoms with Gasteiger partial charge in [-0.05, 0) is 34.6 Å². The maximum Gasteiger partial charge on any atom is 0.125 e. The van der Waals surface area contributed by atoms with E-state index >= 15 is 0 Å². The largest absolute Gasteiger partial charge is 0.243 e. The first kappa shape index (κ1) is 10.1. The summed E-state index contributed by atoms with van der Waals surface area (Å²) in [5.74, 6) is 0.820. The third-order valence-corrected chi connectivity index (χ3v) is 1.14. The average molecular weight is 152 g/mol. The molecule has 0 radical (unpaired) electrons. The van der Waals surface area contributed by atoms with Gasteiger partial charge in [0.05, 0.1) is 0 Å². The average Bonchev–Trinajstić information content (AvgIpc) is 1.85. The van der Waals surface area contributed by atoms with E-state index in [1.165, 1.54) is 0 Å². The molecule has 0 spiro atoms. The van der Waals surface area contributed by atoms with E-state index in [2.05, 4.69) is 9.98 Å². The summed E-state index contributed by atoms with van der Waals surface area (Å²) in [7, 11) is 0. The van der Waals surface area contributed by atoms with Crippen molar-refractivity contribution in [2.45, 2.75) is 34.6 Å². The van der Waals surface area contributed by atoms with E-state index in [0.717, 1.165) is 17.2 Å². The van der Waals surface area contributed by atoms with E-state index in [4.69, 9.17) is 0 Å². The van der Waals surface area contributed by atoms with Crippen LogP contribution in [0, 0.1) is 0 Å². The minimum Gasteiger partial charge on any atom is -0.243 e. The number of amidine groups is 1. The molecule has 0 aliphatic rings. The van der Waals surface area contributed by atoms with Crippen molar-refractivity contribution in [2.24, 2.45) is 9.98 Å². The van der Waals surface area contributed by atoms with Crippen LogP contribution in [0.4, 0.5) is 0 Å². The summed E-state index contributed by atoms with van der Waals surface area (Å²) in [6.07, 6.45) is 1.96. The van der Waals surface area contributed by atoms with Crippen LogP contribution in [0.25, 0.3) is 0 Å². The summed E-state index contributed by atoms with van der Waals surface area (Å²) in [5, 5.41) is 0. The highest BCUT2D eigenvalue weighted by molar-refractivity contribution is 5.94. The van der Waals surface area contributed by atoms with Gasteiger partial charge in [-0.1, -0.05) is 6.08 Å². The standard InChI is InChI=1S/C9H16N2/c1-6-8(4)11-9(5)10-7(2)3/h6H,1-5H3/b8-6?,11-9-. The second kappa shape index (κ2) is 4.83. The van der Waals surface area contributed by atoms with Crippen molar-refractivity contribution in [2.75, 3.05) is 0 Å². The third-order valence-electron chi connectivity index (χ3n) is 1.14. The van der Waals surface area contributed by atoms with Crippen LogP contribution in [0.5, 0.6) is 0 Å². The Morgan fingerprint density at radius 3 is 1.91 bits per heavy atom. The Hall–Kier alpha value is -0.920. The molecule has 0 unspecified atom stereocenters. The summed E-state index contributed by atoms with van der Waals surface area (Å²) >= 11 is 0. The summed E-state index contributed by atoms with van der Waals surface area (Å²) < 4.78 is 0. The first-order valence-corrected chi connectivity index (χ1v) is 3.76. The lowest BCUT2D eigenvalue weighted by Gasteiger charge is -1.93. The molecule has 0 atom stereocenters. The first-order valence-electron chi connectivity index (χ1n) is 3.76. The Balaban J connectivity index is 4.36. The molecular weight excluding hydrogens is 136 g/mol. The highest BCUT2D eigenvalue weighted by Gasteiger charge is 1.86. The van der Waals surface area contributed by atoms with Gasteiger partial charge in [0.15, 0.2) is 0 Å². The monoisotopic (exact) mass is 152 g/mol. The first-order chi connectivity index (χ1) is 5.06. The fraction of sp³-hybridized carbons (Fsp3) is 0.556. The molecule has 0 aromatic rings. The lowest BCUT2D eigenvalue weighted by Crippen LogP contribution is -1.91. The van der Waals surface area contributed by atoms with Crippen LogP contribution in [0.3, 0.4) is 0 Å². The molecule has 0 aromatic carbocycles. The van der Waals surface area contributed by atoms with Gasteiger partial charge in [-0.15, -0.1) is 0 Å². The van der Waals surface area contributed by atoms with Gasteiger partial charge in [-0.3, -0.25) is 0 Å². The molecular formula is C9H16N2. The predicted octanol–water partition coefficient (Wildman–Crippen LogP) is 2.81. The topological polar surface area (TPSA) is 24.7 Å². The summed E-state index contributed by atoms with van der Waals surface area (Å²) in [6.45, 7) is 9.76. The smallest absolute Gasteiger partial charge is 0.125 e. The maximum absolute atomic E-state index is 4.23. The van der Waals surface area contributed by atoms with E-state index in [0.29, 0.717) is 0 Å². The zero-order valence-corrected chi connectivity index (χ0v) is 7.97. The van der Waals surface area contributed by atoms with Crippen LogP contribution < -0.4 is 0 Å². The van der Waals surface area contributed by atoms with E-state index in [9.17, 15) is 0 Å². The second-order valence-corrected chi connectivity index (χ2v) is 2.65. The van der Waals surface area contributed by atoms with Crippen molar-refractivity contribution < 1.29 is 0 Å². The molecule has 2 nitrogen and oxygen atoms in total. The Kier molecular flexibility index (Phi) is 4.42. The van der Waals surface area contributed by atoms with Gasteiger partial charge < -0.3 is 0 Å². The van der Waals surface area contributed by atoms with E-state index in [1.807, 2.05) is 40.7 Å². The summed E-state index contributed by atoms with van der Waals surface area (Å²) in [4.78, 5) is 8.42. The Bertz CT molecular complexity index is 206. The van der Waals surface area contributed by atoms with Crippen LogP contribution in [-0.2, 0) is 0 Å². The lowest BCUT2D eigenvalue weighted by atomic mass is 10.4. The second-order valence-electron chi connectivity index (χ2n) is 2.65. The zero-order chi connectivity index (χ0) is 8.85. The number of aliphatic imine (C=N–C) groups is 2. The molecule has 0 N–H and O–H groups in total. The number of hydrogen-bond donors (Lipinski definition) is 0. The molecule has 2 heteroatoms. The normalized spacial score (nSPS) is 13.2. The number of nitrogens with zero attached hydrogens (tertiary/aromatic N) is 2. The van der Waals surface area contributed by atoms with Gasteiger partial charge >= 0.3 is 0 Å². The molecule has 11 heavy (non-hydrogen) atoms. The van der Waals surface area contributed by atoms with Crippen LogP contribution in [-0.4, -0.2) is 11.5 Å². The number of allylic oxidation sites excluding steroid dienone is 2. The summed E-state index contributed by atoms with van der Waals surface area (Å²) in [5.41, 5.74) is 2.04. The summed E-state index contributed by atoms with van der Waals surface area (Å²) in [6, 6.07) is 0. The number of rotatable bonds is 1. The number of hydrogen-bond acceptors (Lipinski definition) is 1. The maximum atomic E-state index is 4.23. The van der Waals surface area contributed by atoms with Crippen molar-refractivity contribution in [3.63, 3.8) is 0 Å². The molecule has 0 heterocycles. The van der Waals surface area contributed by atoms with Crippen LogP contribution in [0.15, 0.2) is 21.8 Å². The van der Waals surface area contributed by atoms with Crippen LogP contribution >= 0.6 is 0 Å². The molecule has 0 amide bonds. The highest BCUT2D eigenvalue weighted by atomic mass is 14.9. The van der Waals surface area contributed by atoms with Crippen molar-refractivity contribution >= 4 is 11.5 Å². The molecule has 0 aliphatic heterocycles. The van der Waals surface area contributed by atoms with Gasteiger partial charge in [0.25, 0.3) is 0 Å². The fourth-order valence-corrected chi connectivity index (χ4v) is 0.668. The van der Waals surface area contributed by atoms with Crippen LogP contribution in [0.1, 0.15) is 34.6 Å². The fourth-order valence-electron chi connectivity index (χ4n) is 0.668. The van der Waals surface area contributed by atoms with Gasteiger partial charge in [0, 0.05) is 11.4 Å². The van der Waals surface area contributed by atoms with Gasteiger partial charge in [0.1, 0.15) is 5.84 Å². The minimum absolute atomic E-state index is 0.820. The zero-order valence-electron chi connectivity index (χ0n) is 7.97. The molecule has 0 rings (SSSR count). The van der Waals surface area contributed by atoms with E-state index < -0.39 is 0 Å². The van der Waals surface area contributed by atoms with Gasteiger partial charge in [-0.2, -0.15) is 0 Å². The lowest BCUT2D eigenvalue weighted by molar-refractivity contribution is 1.26. The molecule has 62 valence electrons. The van der Waals surface area contributed by atoms with Crippen LogP contribution in [0.2, 0.25) is 0 Å². The van der Waals surface area contributed by atoms with Crippen molar-refractivity contribution in [1.29, 1.82) is 0 Å². The molecule has 0 aliphatic carbocycles. The minimum atomic E-state index is 0.820. The Morgan fingerprint density at radius 2 is 1.55 bits per heavy atom. The molecule has 0 aromatic heterocycles. The molecule has 0 saturated carbocycles. The molecule has 0 bridgehead atoms. The molecule has 0 fully saturated rings.